The van der Waals surface area contributed by atoms with Crippen LogP contribution in [0.2, 0.25) is 0 Å². The number of fused-ring (bicyclic) bond motifs is 1. The Labute approximate surface area is 126 Å². The van der Waals surface area contributed by atoms with Crippen molar-refractivity contribution in [3.05, 3.63) is 63.6 Å². The third kappa shape index (κ3) is 2.39. The zero-order chi connectivity index (χ0) is 15.7. The summed E-state index contributed by atoms with van der Waals surface area (Å²) in [5, 5.41) is 0. The number of anilines is 1. The highest BCUT2D eigenvalue weighted by atomic mass is 16.5. The quantitative estimate of drug-likeness (QED) is 0.849. The van der Waals surface area contributed by atoms with Gasteiger partial charge < -0.3 is 14.6 Å². The summed E-state index contributed by atoms with van der Waals surface area (Å²) >= 11 is 0. The largest absolute Gasteiger partial charge is 0.465 e. The van der Waals surface area contributed by atoms with Gasteiger partial charge in [0.1, 0.15) is 0 Å². The number of hydrogen-bond donors (Lipinski definition) is 1. The van der Waals surface area contributed by atoms with Gasteiger partial charge >= 0.3 is 5.97 Å². The Balaban J connectivity index is 1.91. The number of carbonyl (C=O) groups is 2. The van der Waals surface area contributed by atoms with Crippen LogP contribution in [0.4, 0.5) is 5.69 Å². The highest BCUT2D eigenvalue weighted by molar-refractivity contribution is 6.07. The fourth-order valence-electron chi connectivity index (χ4n) is 2.56. The van der Waals surface area contributed by atoms with E-state index in [0.717, 1.165) is 11.3 Å². The van der Waals surface area contributed by atoms with E-state index in [4.69, 9.17) is 4.74 Å². The Morgan fingerprint density at radius 2 is 1.95 bits per heavy atom. The Morgan fingerprint density at radius 1 is 1.18 bits per heavy atom. The van der Waals surface area contributed by atoms with Gasteiger partial charge in [-0.3, -0.25) is 9.59 Å². The molecule has 1 aromatic heterocycles. The van der Waals surface area contributed by atoms with Crippen LogP contribution < -0.4 is 10.5 Å². The number of amides is 1. The second-order valence-corrected chi connectivity index (χ2v) is 4.98. The second kappa shape index (κ2) is 5.48. The molecule has 1 amide bonds. The molecule has 0 spiro atoms. The number of ether oxygens (including phenoxy) is 1. The number of pyridine rings is 1. The number of nitrogens with zero attached hydrogens (tertiary/aromatic N) is 1. The van der Waals surface area contributed by atoms with Crippen molar-refractivity contribution in [2.24, 2.45) is 0 Å². The van der Waals surface area contributed by atoms with Gasteiger partial charge in [0.05, 0.1) is 18.2 Å². The van der Waals surface area contributed by atoms with Crippen LogP contribution in [-0.2, 0) is 11.2 Å². The summed E-state index contributed by atoms with van der Waals surface area (Å²) in [6.07, 6.45) is 2.08. The molecule has 0 aliphatic carbocycles. The van der Waals surface area contributed by atoms with E-state index in [1.807, 2.05) is 0 Å². The number of rotatable bonds is 2. The van der Waals surface area contributed by atoms with Gasteiger partial charge in [0.2, 0.25) is 5.56 Å². The molecule has 3 rings (SSSR count). The van der Waals surface area contributed by atoms with Crippen molar-refractivity contribution in [1.82, 2.24) is 4.98 Å². The van der Waals surface area contributed by atoms with Gasteiger partial charge in [0, 0.05) is 24.5 Å². The van der Waals surface area contributed by atoms with Crippen molar-refractivity contribution < 1.29 is 14.3 Å². The van der Waals surface area contributed by atoms with E-state index in [2.05, 4.69) is 4.98 Å². The number of aromatic amines is 1. The van der Waals surface area contributed by atoms with Gasteiger partial charge in [-0.2, -0.15) is 0 Å². The number of hydrogen-bond acceptors (Lipinski definition) is 4. The summed E-state index contributed by atoms with van der Waals surface area (Å²) in [5.74, 6) is -0.575. The molecule has 0 radical (unpaired) electrons. The highest BCUT2D eigenvalue weighted by Crippen LogP contribution is 2.30. The molecule has 0 fully saturated rings. The molecule has 2 aromatic rings. The fraction of sp³-hybridized carbons (Fsp3) is 0.188. The molecule has 0 unspecified atom stereocenters. The number of benzene rings is 1. The summed E-state index contributed by atoms with van der Waals surface area (Å²) in [6, 6.07) is 7.97. The van der Waals surface area contributed by atoms with Crippen molar-refractivity contribution in [3.8, 4) is 0 Å². The Bertz CT molecular complexity index is 790. The van der Waals surface area contributed by atoms with Gasteiger partial charge in [-0.15, -0.1) is 0 Å². The minimum atomic E-state index is -0.395. The predicted molar refractivity (Wildman–Crippen MR) is 80.2 cm³/mol. The molecule has 0 atom stereocenters. The number of carbonyl (C=O) groups excluding carboxylic acids is 2. The third-order valence-electron chi connectivity index (χ3n) is 3.67. The highest BCUT2D eigenvalue weighted by Gasteiger charge is 2.26. The maximum atomic E-state index is 12.5. The average molecular weight is 298 g/mol. The normalized spacial score (nSPS) is 12.9. The van der Waals surface area contributed by atoms with E-state index >= 15 is 0 Å². The van der Waals surface area contributed by atoms with E-state index in [0.29, 0.717) is 24.1 Å². The fourth-order valence-corrected chi connectivity index (χ4v) is 2.56. The Kier molecular flexibility index (Phi) is 3.50. The molecule has 2 heterocycles. The minimum Gasteiger partial charge on any atom is -0.465 e. The van der Waals surface area contributed by atoms with Crippen molar-refractivity contribution >= 4 is 17.6 Å². The maximum absolute atomic E-state index is 12.5. The lowest BCUT2D eigenvalue weighted by atomic mass is 10.1. The summed E-state index contributed by atoms with van der Waals surface area (Å²) in [4.78, 5) is 39.3. The summed E-state index contributed by atoms with van der Waals surface area (Å²) < 4.78 is 4.70. The lowest BCUT2D eigenvalue weighted by Gasteiger charge is -2.17. The molecule has 1 aliphatic rings. The molecular formula is C16H14N2O4. The van der Waals surface area contributed by atoms with Gasteiger partial charge in [0.25, 0.3) is 5.91 Å². The van der Waals surface area contributed by atoms with Crippen LogP contribution in [-0.4, -0.2) is 30.5 Å². The Hall–Kier alpha value is -2.89. The van der Waals surface area contributed by atoms with Crippen LogP contribution in [0, 0.1) is 0 Å². The average Bonchev–Trinajstić information content (AvgIpc) is 2.97. The molecule has 0 saturated carbocycles. The van der Waals surface area contributed by atoms with E-state index in [9.17, 15) is 14.4 Å². The van der Waals surface area contributed by atoms with Crippen LogP contribution in [0.1, 0.15) is 26.3 Å². The first-order valence-corrected chi connectivity index (χ1v) is 6.82. The van der Waals surface area contributed by atoms with Gasteiger partial charge in [-0.25, -0.2) is 4.79 Å². The lowest BCUT2D eigenvalue weighted by Crippen LogP contribution is -2.29. The molecule has 1 aliphatic heterocycles. The monoisotopic (exact) mass is 298 g/mol. The van der Waals surface area contributed by atoms with Gasteiger partial charge in [0.15, 0.2) is 0 Å². The number of aromatic nitrogens is 1. The van der Waals surface area contributed by atoms with Crippen LogP contribution in [0.25, 0.3) is 0 Å². The zero-order valence-corrected chi connectivity index (χ0v) is 12.0. The van der Waals surface area contributed by atoms with Gasteiger partial charge in [-0.1, -0.05) is 0 Å². The maximum Gasteiger partial charge on any atom is 0.337 e. The Morgan fingerprint density at radius 3 is 2.64 bits per heavy atom. The summed E-state index contributed by atoms with van der Waals surface area (Å²) in [5.41, 5.74) is 2.36. The lowest BCUT2D eigenvalue weighted by molar-refractivity contribution is 0.0600. The van der Waals surface area contributed by atoms with Crippen molar-refractivity contribution in [2.75, 3.05) is 18.6 Å². The topological polar surface area (TPSA) is 79.5 Å². The van der Waals surface area contributed by atoms with Gasteiger partial charge in [-0.05, 0) is 36.2 Å². The van der Waals surface area contributed by atoms with E-state index in [1.165, 1.54) is 25.4 Å². The zero-order valence-electron chi connectivity index (χ0n) is 12.0. The minimum absolute atomic E-state index is 0.180. The van der Waals surface area contributed by atoms with E-state index in [1.54, 1.807) is 23.1 Å². The molecule has 112 valence electrons. The number of methoxy groups -OCH3 is 1. The van der Waals surface area contributed by atoms with Crippen LogP contribution >= 0.6 is 0 Å². The van der Waals surface area contributed by atoms with E-state index < -0.39 is 5.97 Å². The first-order chi connectivity index (χ1) is 10.6. The smallest absolute Gasteiger partial charge is 0.337 e. The van der Waals surface area contributed by atoms with Crippen molar-refractivity contribution in [3.63, 3.8) is 0 Å². The molecule has 6 nitrogen and oxygen atoms in total. The van der Waals surface area contributed by atoms with E-state index in [-0.39, 0.29) is 11.5 Å². The van der Waals surface area contributed by atoms with Crippen molar-refractivity contribution in [1.29, 1.82) is 0 Å². The predicted octanol–water partition coefficient (Wildman–Crippen LogP) is 1.36. The standard InChI is InChI=1S/C16H14N2O4/c1-22-16(21)11-2-4-13-10(8-11)6-7-18(13)15(20)12-3-5-14(19)17-9-12/h2-5,8-9H,6-7H2,1H3,(H,17,19). The number of nitrogens with one attached hydrogen (secondary N) is 1. The number of H-pyrrole nitrogens is 1. The molecule has 0 bridgehead atoms. The molecule has 1 N–H and O–H groups in total. The number of esters is 1. The first-order valence-electron chi connectivity index (χ1n) is 6.82. The molecule has 22 heavy (non-hydrogen) atoms. The first kappa shape index (κ1) is 14.1. The van der Waals surface area contributed by atoms with Crippen LogP contribution in [0.5, 0.6) is 0 Å². The van der Waals surface area contributed by atoms with Crippen LogP contribution in [0.15, 0.2) is 41.3 Å². The second-order valence-electron chi connectivity index (χ2n) is 4.98. The SMILES string of the molecule is COC(=O)c1ccc2c(c1)CCN2C(=O)c1ccc(=O)[nH]c1. The molecular weight excluding hydrogens is 284 g/mol. The molecule has 6 heteroatoms. The molecule has 1 aromatic carbocycles. The van der Waals surface area contributed by atoms with Crippen LogP contribution in [0.3, 0.4) is 0 Å². The molecule has 0 saturated heterocycles. The van der Waals surface area contributed by atoms with Crippen molar-refractivity contribution in [2.45, 2.75) is 6.42 Å². The third-order valence-corrected chi connectivity index (χ3v) is 3.67. The summed E-state index contributed by atoms with van der Waals surface area (Å²) in [6.45, 7) is 0.540. The summed E-state index contributed by atoms with van der Waals surface area (Å²) in [7, 11) is 1.33.